The fourth-order valence-corrected chi connectivity index (χ4v) is 3.29. The highest BCUT2D eigenvalue weighted by Crippen LogP contribution is 2.41. The molecule has 0 amide bonds. The third-order valence-corrected chi connectivity index (χ3v) is 4.29. The van der Waals surface area contributed by atoms with Gasteiger partial charge in [-0.2, -0.15) is 0 Å². The Labute approximate surface area is 137 Å². The van der Waals surface area contributed by atoms with Crippen LogP contribution in [0.25, 0.3) is 16.3 Å². The summed E-state index contributed by atoms with van der Waals surface area (Å²) in [5.74, 6) is -1.33. The van der Waals surface area contributed by atoms with E-state index in [9.17, 15) is 9.59 Å². The zero-order valence-electron chi connectivity index (χ0n) is 12.9. The van der Waals surface area contributed by atoms with Crippen LogP contribution in [0.2, 0.25) is 0 Å². The van der Waals surface area contributed by atoms with E-state index in [1.807, 2.05) is 0 Å². The first kappa shape index (κ1) is 14.3. The maximum atomic E-state index is 12.1. The number of benzene rings is 1. The number of carbonyl (C=O) groups excluding carboxylic acids is 2. The van der Waals surface area contributed by atoms with Crippen LogP contribution in [-0.4, -0.2) is 29.7 Å². The number of pyridine rings is 1. The molecule has 1 aliphatic heterocycles. The van der Waals surface area contributed by atoms with E-state index in [0.717, 1.165) is 22.1 Å². The molecule has 5 nitrogen and oxygen atoms in total. The van der Waals surface area contributed by atoms with Crippen LogP contribution in [0.4, 0.5) is 0 Å². The Morgan fingerprint density at radius 1 is 1.12 bits per heavy atom. The van der Waals surface area contributed by atoms with Crippen molar-refractivity contribution in [1.82, 2.24) is 4.98 Å². The Morgan fingerprint density at radius 2 is 1.83 bits per heavy atom. The zero-order chi connectivity index (χ0) is 17.0. The minimum absolute atomic E-state index is 0.283. The van der Waals surface area contributed by atoms with Crippen LogP contribution >= 0.6 is 0 Å². The number of hydrogen-bond acceptors (Lipinski definition) is 5. The van der Waals surface area contributed by atoms with Crippen LogP contribution in [-0.2, 0) is 4.74 Å². The van der Waals surface area contributed by atoms with Crippen LogP contribution < -0.4 is 0 Å². The lowest BCUT2D eigenvalue weighted by atomic mass is 9.81. The zero-order valence-corrected chi connectivity index (χ0v) is 12.9. The summed E-state index contributed by atoms with van der Waals surface area (Å²) in [4.78, 5) is 32.9. The van der Waals surface area contributed by atoms with Crippen LogP contribution in [0, 0.1) is 0 Å². The van der Waals surface area contributed by atoms with Gasteiger partial charge in [-0.3, -0.25) is 9.98 Å². The van der Waals surface area contributed by atoms with Crippen molar-refractivity contribution in [3.05, 3.63) is 71.6 Å². The topological polar surface area (TPSA) is 68.6 Å². The Bertz CT molecular complexity index is 1040. The fourth-order valence-electron chi connectivity index (χ4n) is 3.29. The Balaban J connectivity index is 2.26. The second kappa shape index (κ2) is 4.83. The third kappa shape index (κ3) is 1.64. The molecule has 0 unspecified atom stereocenters. The standard InChI is InChI=1S/C19H12N2O3/c1-4-5-10-9(2)16(20-3)11-6-7-12-14-13(19(23)24-18(12)22)8-21-17(10)15(11)14/h4-8H,1-2H2,3H3/b10-5+,20-16+. The minimum atomic E-state index is -0.683. The lowest BCUT2D eigenvalue weighted by Gasteiger charge is -2.26. The molecule has 24 heavy (non-hydrogen) atoms. The third-order valence-electron chi connectivity index (χ3n) is 4.29. The molecule has 0 N–H and O–H groups in total. The molecule has 0 fully saturated rings. The Kier molecular flexibility index (Phi) is 2.87. The molecule has 0 saturated heterocycles. The van der Waals surface area contributed by atoms with Crippen LogP contribution in [0.1, 0.15) is 32.0 Å². The van der Waals surface area contributed by atoms with E-state index < -0.39 is 11.9 Å². The highest BCUT2D eigenvalue weighted by molar-refractivity contribution is 6.34. The molecule has 1 aromatic carbocycles. The summed E-state index contributed by atoms with van der Waals surface area (Å²) in [5, 5.41) is 1.28. The number of aromatic nitrogens is 1. The van der Waals surface area contributed by atoms with E-state index in [0.29, 0.717) is 22.4 Å². The first-order valence-electron chi connectivity index (χ1n) is 7.30. The molecule has 2 heterocycles. The molecule has 0 bridgehead atoms. The molecule has 1 aliphatic carbocycles. The van der Waals surface area contributed by atoms with Gasteiger partial charge in [-0.25, -0.2) is 9.59 Å². The monoisotopic (exact) mass is 316 g/mol. The number of hydrogen-bond donors (Lipinski definition) is 0. The number of ether oxygens (including phenoxy) is 1. The predicted molar refractivity (Wildman–Crippen MR) is 91.3 cm³/mol. The summed E-state index contributed by atoms with van der Waals surface area (Å²) in [6.45, 7) is 7.85. The van der Waals surface area contributed by atoms with Gasteiger partial charge in [-0.15, -0.1) is 0 Å². The molecule has 2 aliphatic rings. The van der Waals surface area contributed by atoms with E-state index in [4.69, 9.17) is 4.74 Å². The smallest absolute Gasteiger partial charge is 0.348 e. The number of cyclic esters (lactones) is 2. The van der Waals surface area contributed by atoms with Crippen molar-refractivity contribution in [3.8, 4) is 0 Å². The first-order chi connectivity index (χ1) is 11.6. The van der Waals surface area contributed by atoms with Gasteiger partial charge in [0, 0.05) is 40.7 Å². The molecule has 0 saturated carbocycles. The van der Waals surface area contributed by atoms with Crippen molar-refractivity contribution in [2.75, 3.05) is 7.05 Å². The molecule has 4 rings (SSSR count). The van der Waals surface area contributed by atoms with Crippen molar-refractivity contribution in [1.29, 1.82) is 0 Å². The van der Waals surface area contributed by atoms with E-state index in [2.05, 4.69) is 23.1 Å². The van der Waals surface area contributed by atoms with Crippen molar-refractivity contribution in [3.63, 3.8) is 0 Å². The van der Waals surface area contributed by atoms with Gasteiger partial charge in [0.2, 0.25) is 0 Å². The average molecular weight is 316 g/mol. The molecule has 2 aromatic rings. The summed E-state index contributed by atoms with van der Waals surface area (Å²) >= 11 is 0. The van der Waals surface area contributed by atoms with Crippen molar-refractivity contribution in [2.24, 2.45) is 4.99 Å². The van der Waals surface area contributed by atoms with E-state index in [1.165, 1.54) is 6.20 Å². The maximum absolute atomic E-state index is 12.1. The molecule has 5 heteroatoms. The molecule has 116 valence electrons. The SMILES string of the molecule is C=C/C=C1\C(=C)/C(=N\C)c2ccc3c4c(cnc1c24)C(=O)OC3=O. The van der Waals surface area contributed by atoms with Crippen molar-refractivity contribution >= 4 is 34.0 Å². The largest absolute Gasteiger partial charge is 0.386 e. The van der Waals surface area contributed by atoms with E-state index >= 15 is 0 Å². The van der Waals surface area contributed by atoms with E-state index in [-0.39, 0.29) is 5.56 Å². The number of nitrogens with zero attached hydrogens (tertiary/aromatic N) is 2. The summed E-state index contributed by atoms with van der Waals surface area (Å²) in [6, 6.07) is 3.45. The predicted octanol–water partition coefficient (Wildman–Crippen LogP) is 3.10. The number of allylic oxidation sites excluding steroid dienone is 4. The lowest BCUT2D eigenvalue weighted by Crippen LogP contribution is -2.23. The molecule has 0 spiro atoms. The van der Waals surface area contributed by atoms with Crippen LogP contribution in [0.3, 0.4) is 0 Å². The van der Waals surface area contributed by atoms with Gasteiger partial charge >= 0.3 is 11.9 Å². The van der Waals surface area contributed by atoms with Gasteiger partial charge in [0.05, 0.1) is 22.5 Å². The van der Waals surface area contributed by atoms with Gasteiger partial charge in [0.1, 0.15) is 0 Å². The Hall–Kier alpha value is -3.34. The average Bonchev–Trinajstić information content (AvgIpc) is 2.57. The van der Waals surface area contributed by atoms with E-state index in [1.54, 1.807) is 31.3 Å². The molecule has 0 atom stereocenters. The molecular weight excluding hydrogens is 304 g/mol. The Morgan fingerprint density at radius 3 is 2.54 bits per heavy atom. The summed E-state index contributed by atoms with van der Waals surface area (Å²) < 4.78 is 4.79. The number of esters is 2. The minimum Gasteiger partial charge on any atom is -0.386 e. The highest BCUT2D eigenvalue weighted by atomic mass is 16.6. The normalized spacial score (nSPS) is 19.1. The summed E-state index contributed by atoms with van der Waals surface area (Å²) in [6.07, 6.45) is 4.89. The lowest BCUT2D eigenvalue weighted by molar-refractivity contribution is 0.0391. The van der Waals surface area contributed by atoms with Gasteiger partial charge in [-0.1, -0.05) is 31.4 Å². The summed E-state index contributed by atoms with van der Waals surface area (Å²) in [5.41, 5.74) is 4.30. The number of aliphatic imine (C=N–C) groups is 1. The number of rotatable bonds is 1. The molecular formula is C19H12N2O3. The van der Waals surface area contributed by atoms with Gasteiger partial charge in [0.15, 0.2) is 0 Å². The van der Waals surface area contributed by atoms with Crippen molar-refractivity contribution in [2.45, 2.75) is 0 Å². The molecule has 0 radical (unpaired) electrons. The number of carbonyl (C=O) groups is 2. The second-order valence-electron chi connectivity index (χ2n) is 5.47. The highest BCUT2D eigenvalue weighted by Gasteiger charge is 2.34. The first-order valence-corrected chi connectivity index (χ1v) is 7.30. The van der Waals surface area contributed by atoms with Crippen molar-refractivity contribution < 1.29 is 14.3 Å². The second-order valence-corrected chi connectivity index (χ2v) is 5.47. The fraction of sp³-hybridized carbons (Fsp3) is 0.0526. The summed E-state index contributed by atoms with van der Waals surface area (Å²) in [7, 11) is 1.68. The molecule has 1 aromatic heterocycles. The van der Waals surface area contributed by atoms with Gasteiger partial charge in [0.25, 0.3) is 0 Å². The van der Waals surface area contributed by atoms with Crippen LogP contribution in [0.15, 0.2) is 54.2 Å². The quantitative estimate of drug-likeness (QED) is 0.599. The van der Waals surface area contributed by atoms with Gasteiger partial charge in [-0.05, 0) is 6.07 Å². The van der Waals surface area contributed by atoms with Crippen LogP contribution in [0.5, 0.6) is 0 Å². The maximum Gasteiger partial charge on any atom is 0.348 e. The van der Waals surface area contributed by atoms with Gasteiger partial charge < -0.3 is 4.74 Å².